The second kappa shape index (κ2) is 7.45. The highest BCUT2D eigenvalue weighted by atomic mass is 16.5. The fourth-order valence-electron chi connectivity index (χ4n) is 1.76. The first-order valence-electron chi connectivity index (χ1n) is 6.21. The summed E-state index contributed by atoms with van der Waals surface area (Å²) in [7, 11) is 3.31. The van der Waals surface area contributed by atoms with Gasteiger partial charge in [-0.3, -0.25) is 0 Å². The Morgan fingerprint density at radius 2 is 2.06 bits per heavy atom. The van der Waals surface area contributed by atoms with Crippen molar-refractivity contribution in [3.05, 3.63) is 11.7 Å². The Bertz CT molecular complexity index is 341. The first-order chi connectivity index (χ1) is 8.60. The van der Waals surface area contributed by atoms with Crippen molar-refractivity contribution >= 4 is 0 Å². The minimum absolute atomic E-state index is 0.159. The molecule has 0 aromatic carbocycles. The van der Waals surface area contributed by atoms with Gasteiger partial charge in [-0.05, 0) is 18.8 Å². The van der Waals surface area contributed by atoms with E-state index in [9.17, 15) is 0 Å². The Balaban J connectivity index is 2.61. The van der Waals surface area contributed by atoms with Crippen molar-refractivity contribution in [2.45, 2.75) is 38.8 Å². The predicted octanol–water partition coefficient (Wildman–Crippen LogP) is 1.84. The van der Waals surface area contributed by atoms with E-state index in [-0.39, 0.29) is 18.1 Å². The van der Waals surface area contributed by atoms with Crippen molar-refractivity contribution in [3.63, 3.8) is 0 Å². The molecule has 0 saturated carbocycles. The number of ether oxygens (including phenoxy) is 2. The summed E-state index contributed by atoms with van der Waals surface area (Å²) in [4.78, 5) is 4.31. The first-order valence-corrected chi connectivity index (χ1v) is 6.21. The number of aromatic nitrogens is 2. The molecule has 0 bridgehead atoms. The molecular formula is C12H23N3O3. The van der Waals surface area contributed by atoms with Crippen LogP contribution in [0.2, 0.25) is 0 Å². The molecular weight excluding hydrogens is 234 g/mol. The molecule has 104 valence electrons. The van der Waals surface area contributed by atoms with Crippen LogP contribution in [0.4, 0.5) is 0 Å². The molecule has 2 unspecified atom stereocenters. The van der Waals surface area contributed by atoms with Gasteiger partial charge in [-0.1, -0.05) is 19.0 Å². The van der Waals surface area contributed by atoms with Crippen molar-refractivity contribution in [1.29, 1.82) is 0 Å². The second-order valence-corrected chi connectivity index (χ2v) is 4.63. The summed E-state index contributed by atoms with van der Waals surface area (Å²) in [6.07, 6.45) is 1.47. The summed E-state index contributed by atoms with van der Waals surface area (Å²) in [5, 5.41) is 3.94. The average molecular weight is 257 g/mol. The lowest BCUT2D eigenvalue weighted by molar-refractivity contribution is 0.0555. The summed E-state index contributed by atoms with van der Waals surface area (Å²) in [5.41, 5.74) is 5.97. The van der Waals surface area contributed by atoms with Gasteiger partial charge in [0.1, 0.15) is 6.10 Å². The van der Waals surface area contributed by atoms with Crippen molar-refractivity contribution in [1.82, 2.24) is 10.1 Å². The number of methoxy groups -OCH3 is 2. The van der Waals surface area contributed by atoms with E-state index >= 15 is 0 Å². The number of nitrogens with two attached hydrogens (primary N) is 1. The average Bonchev–Trinajstić information content (AvgIpc) is 2.79. The van der Waals surface area contributed by atoms with Crippen LogP contribution in [0.25, 0.3) is 0 Å². The van der Waals surface area contributed by atoms with Crippen LogP contribution >= 0.6 is 0 Å². The highest BCUT2D eigenvalue weighted by molar-refractivity contribution is 4.96. The van der Waals surface area contributed by atoms with E-state index in [1.165, 1.54) is 0 Å². The van der Waals surface area contributed by atoms with Gasteiger partial charge in [-0.15, -0.1) is 0 Å². The Hall–Kier alpha value is -0.980. The number of nitrogens with zero attached hydrogens (tertiary/aromatic N) is 2. The molecule has 1 rings (SSSR count). The monoisotopic (exact) mass is 257 g/mol. The standard InChI is InChI=1S/C12H23N3O3/c1-8(2)10(17-4)11-14-12(18-15-11)9(13)6-5-7-16-3/h8-10H,5-7,13H2,1-4H3. The maximum Gasteiger partial charge on any atom is 0.243 e. The molecule has 0 aliphatic carbocycles. The minimum Gasteiger partial charge on any atom is -0.385 e. The second-order valence-electron chi connectivity index (χ2n) is 4.63. The number of rotatable bonds is 8. The van der Waals surface area contributed by atoms with Crippen LogP contribution in [-0.2, 0) is 9.47 Å². The van der Waals surface area contributed by atoms with Crippen molar-refractivity contribution < 1.29 is 14.0 Å². The van der Waals surface area contributed by atoms with Crippen LogP contribution < -0.4 is 5.73 Å². The third-order valence-electron chi connectivity index (χ3n) is 2.75. The highest BCUT2D eigenvalue weighted by Gasteiger charge is 2.23. The lowest BCUT2D eigenvalue weighted by Gasteiger charge is -2.14. The lowest BCUT2D eigenvalue weighted by Crippen LogP contribution is -2.13. The molecule has 1 aromatic heterocycles. The molecule has 1 heterocycles. The predicted molar refractivity (Wildman–Crippen MR) is 66.9 cm³/mol. The van der Waals surface area contributed by atoms with Crippen molar-refractivity contribution in [3.8, 4) is 0 Å². The maximum absolute atomic E-state index is 5.97. The van der Waals surface area contributed by atoms with Crippen LogP contribution in [0.3, 0.4) is 0 Å². The van der Waals surface area contributed by atoms with E-state index in [0.29, 0.717) is 18.3 Å². The van der Waals surface area contributed by atoms with Gasteiger partial charge in [0.25, 0.3) is 0 Å². The number of hydrogen-bond donors (Lipinski definition) is 1. The summed E-state index contributed by atoms with van der Waals surface area (Å²) in [5.74, 6) is 1.30. The molecule has 0 amide bonds. The summed E-state index contributed by atoms with van der Waals surface area (Å²) in [6, 6.07) is -0.244. The van der Waals surface area contributed by atoms with Gasteiger partial charge < -0.3 is 19.7 Å². The van der Waals surface area contributed by atoms with E-state index in [1.807, 2.05) is 13.8 Å². The third-order valence-corrected chi connectivity index (χ3v) is 2.75. The first kappa shape index (κ1) is 15.1. The van der Waals surface area contributed by atoms with Crippen LogP contribution in [0.15, 0.2) is 4.52 Å². The van der Waals surface area contributed by atoms with Gasteiger partial charge in [0.05, 0.1) is 6.04 Å². The molecule has 2 atom stereocenters. The van der Waals surface area contributed by atoms with Gasteiger partial charge in [-0.25, -0.2) is 0 Å². The third kappa shape index (κ3) is 4.04. The van der Waals surface area contributed by atoms with E-state index in [4.69, 9.17) is 19.7 Å². The number of hydrogen-bond acceptors (Lipinski definition) is 6. The van der Waals surface area contributed by atoms with E-state index in [0.717, 1.165) is 12.8 Å². The van der Waals surface area contributed by atoms with Crippen LogP contribution in [-0.4, -0.2) is 31.0 Å². The summed E-state index contributed by atoms with van der Waals surface area (Å²) >= 11 is 0. The Morgan fingerprint density at radius 3 is 2.61 bits per heavy atom. The molecule has 0 spiro atoms. The molecule has 2 N–H and O–H groups in total. The van der Waals surface area contributed by atoms with Gasteiger partial charge in [0.2, 0.25) is 11.7 Å². The largest absolute Gasteiger partial charge is 0.385 e. The Kier molecular flexibility index (Phi) is 6.24. The normalized spacial score (nSPS) is 15.0. The molecule has 0 fully saturated rings. The topological polar surface area (TPSA) is 83.4 Å². The summed E-state index contributed by atoms with van der Waals surface area (Å²) in [6.45, 7) is 4.77. The van der Waals surface area contributed by atoms with Crippen LogP contribution in [0.1, 0.15) is 50.6 Å². The molecule has 6 nitrogen and oxygen atoms in total. The van der Waals surface area contributed by atoms with Gasteiger partial charge >= 0.3 is 0 Å². The van der Waals surface area contributed by atoms with E-state index in [1.54, 1.807) is 14.2 Å². The zero-order valence-electron chi connectivity index (χ0n) is 11.5. The zero-order valence-corrected chi connectivity index (χ0v) is 11.5. The molecule has 18 heavy (non-hydrogen) atoms. The maximum atomic E-state index is 5.97. The molecule has 0 saturated heterocycles. The Labute approximate surface area is 108 Å². The quantitative estimate of drug-likeness (QED) is 0.715. The summed E-state index contributed by atoms with van der Waals surface area (Å²) < 4.78 is 15.5. The van der Waals surface area contributed by atoms with Gasteiger partial charge in [0.15, 0.2) is 0 Å². The highest BCUT2D eigenvalue weighted by Crippen LogP contribution is 2.24. The fraction of sp³-hybridized carbons (Fsp3) is 0.833. The lowest BCUT2D eigenvalue weighted by atomic mass is 10.1. The molecule has 1 aromatic rings. The van der Waals surface area contributed by atoms with Gasteiger partial charge in [-0.2, -0.15) is 4.98 Å². The molecule has 0 aliphatic heterocycles. The van der Waals surface area contributed by atoms with Crippen molar-refractivity contribution in [2.24, 2.45) is 11.7 Å². The SMILES string of the molecule is COCCCC(N)c1nc(C(OC)C(C)C)no1. The smallest absolute Gasteiger partial charge is 0.243 e. The zero-order chi connectivity index (χ0) is 13.5. The van der Waals surface area contributed by atoms with E-state index < -0.39 is 0 Å². The van der Waals surface area contributed by atoms with Crippen LogP contribution in [0, 0.1) is 5.92 Å². The van der Waals surface area contributed by atoms with Crippen molar-refractivity contribution in [2.75, 3.05) is 20.8 Å². The fourth-order valence-corrected chi connectivity index (χ4v) is 1.76. The van der Waals surface area contributed by atoms with E-state index in [2.05, 4.69) is 10.1 Å². The molecule has 0 radical (unpaired) electrons. The van der Waals surface area contributed by atoms with Crippen LogP contribution in [0.5, 0.6) is 0 Å². The Morgan fingerprint density at radius 1 is 1.33 bits per heavy atom. The minimum atomic E-state index is -0.244. The molecule has 0 aliphatic rings. The molecule has 6 heteroatoms. The van der Waals surface area contributed by atoms with Gasteiger partial charge in [0, 0.05) is 20.8 Å².